The zero-order valence-electron chi connectivity index (χ0n) is 14.4. The van der Waals surface area contributed by atoms with Gasteiger partial charge in [-0.1, -0.05) is 27.2 Å². The molecular weight excluding hydrogens is 262 g/mol. The third-order valence-electron chi connectivity index (χ3n) is 4.96. The number of aliphatic hydroxyl groups excluding tert-OH is 1. The van der Waals surface area contributed by atoms with Crippen LogP contribution < -0.4 is 10.6 Å². The molecule has 21 heavy (non-hydrogen) atoms. The minimum absolute atomic E-state index is 0.142. The second kappa shape index (κ2) is 9.29. The highest BCUT2D eigenvalue weighted by molar-refractivity contribution is 5.80. The Bertz CT molecular complexity index is 313. The lowest BCUT2D eigenvalue weighted by Gasteiger charge is -2.29. The average molecular weight is 297 g/mol. The van der Waals surface area contributed by atoms with Crippen molar-refractivity contribution < 1.29 is 5.11 Å². The topological polar surface area (TPSA) is 56.7 Å². The molecule has 1 aliphatic rings. The van der Waals surface area contributed by atoms with Gasteiger partial charge in [-0.25, -0.2) is 0 Å². The molecule has 1 rings (SSSR count). The summed E-state index contributed by atoms with van der Waals surface area (Å²) in [6, 6.07) is 0.609. The van der Waals surface area contributed by atoms with E-state index < -0.39 is 0 Å². The Morgan fingerprint density at radius 1 is 1.24 bits per heavy atom. The fraction of sp³-hybridized carbons (Fsp3) is 0.941. The summed E-state index contributed by atoms with van der Waals surface area (Å²) >= 11 is 0. The number of nitrogens with one attached hydrogen (secondary N) is 2. The molecule has 0 radical (unpaired) electrons. The third-order valence-corrected chi connectivity index (χ3v) is 4.96. The van der Waals surface area contributed by atoms with Crippen molar-refractivity contribution in [1.29, 1.82) is 0 Å². The average Bonchev–Trinajstić information content (AvgIpc) is 3.22. The van der Waals surface area contributed by atoms with Crippen LogP contribution in [0.4, 0.5) is 0 Å². The molecule has 4 heteroatoms. The second-order valence-corrected chi connectivity index (χ2v) is 6.41. The highest BCUT2D eigenvalue weighted by Gasteiger charge is 2.36. The molecular formula is C17H35N3O. The maximum absolute atomic E-state index is 9.30. The summed E-state index contributed by atoms with van der Waals surface area (Å²) in [7, 11) is 0. The Balaban J connectivity index is 2.57. The number of hydrogen-bond acceptors (Lipinski definition) is 2. The molecule has 0 aromatic heterocycles. The molecule has 0 aromatic rings. The van der Waals surface area contributed by atoms with Gasteiger partial charge in [0.1, 0.15) is 0 Å². The molecule has 124 valence electrons. The van der Waals surface area contributed by atoms with Gasteiger partial charge >= 0.3 is 0 Å². The second-order valence-electron chi connectivity index (χ2n) is 6.41. The van der Waals surface area contributed by atoms with Crippen LogP contribution in [0.1, 0.15) is 66.2 Å². The fourth-order valence-corrected chi connectivity index (χ4v) is 3.00. The number of hydrogen-bond donors (Lipinski definition) is 3. The van der Waals surface area contributed by atoms with Crippen LogP contribution in [0.3, 0.4) is 0 Å². The third kappa shape index (κ3) is 5.85. The van der Waals surface area contributed by atoms with E-state index in [1.54, 1.807) is 0 Å². The van der Waals surface area contributed by atoms with Crippen LogP contribution in [0, 0.1) is 11.3 Å². The zero-order valence-corrected chi connectivity index (χ0v) is 14.4. The van der Waals surface area contributed by atoms with Gasteiger partial charge in [0, 0.05) is 25.7 Å². The lowest BCUT2D eigenvalue weighted by Crippen LogP contribution is -2.40. The van der Waals surface area contributed by atoms with Crippen LogP contribution in [0.2, 0.25) is 0 Å². The van der Waals surface area contributed by atoms with Gasteiger partial charge in [0.2, 0.25) is 0 Å². The lowest BCUT2D eigenvalue weighted by atomic mass is 9.79. The number of aliphatic imine (C=N–C) groups is 1. The van der Waals surface area contributed by atoms with Crippen molar-refractivity contribution in [1.82, 2.24) is 10.6 Å². The van der Waals surface area contributed by atoms with Gasteiger partial charge in [0.15, 0.2) is 5.96 Å². The molecule has 0 amide bonds. The minimum atomic E-state index is 0.142. The molecule has 1 fully saturated rings. The van der Waals surface area contributed by atoms with Crippen LogP contribution in [-0.2, 0) is 0 Å². The summed E-state index contributed by atoms with van der Waals surface area (Å²) in [4.78, 5) is 4.80. The summed E-state index contributed by atoms with van der Waals surface area (Å²) in [5.41, 5.74) is 0.142. The number of aliphatic hydroxyl groups is 1. The summed E-state index contributed by atoms with van der Waals surface area (Å²) in [6.45, 7) is 10.7. The highest BCUT2D eigenvalue weighted by Crippen LogP contribution is 2.34. The molecule has 1 saturated carbocycles. The van der Waals surface area contributed by atoms with Crippen molar-refractivity contribution >= 4 is 5.96 Å². The van der Waals surface area contributed by atoms with Crippen molar-refractivity contribution in [2.24, 2.45) is 16.3 Å². The van der Waals surface area contributed by atoms with Crippen LogP contribution in [0.15, 0.2) is 4.99 Å². The smallest absolute Gasteiger partial charge is 0.191 e. The largest absolute Gasteiger partial charge is 0.396 e. The van der Waals surface area contributed by atoms with E-state index in [0.717, 1.165) is 44.2 Å². The van der Waals surface area contributed by atoms with Gasteiger partial charge < -0.3 is 15.7 Å². The quantitative estimate of drug-likeness (QED) is 0.429. The van der Waals surface area contributed by atoms with Crippen molar-refractivity contribution in [3.63, 3.8) is 0 Å². The molecule has 2 unspecified atom stereocenters. The van der Waals surface area contributed by atoms with Crippen LogP contribution in [-0.4, -0.2) is 36.8 Å². The van der Waals surface area contributed by atoms with Crippen LogP contribution >= 0.6 is 0 Å². The van der Waals surface area contributed by atoms with E-state index in [1.807, 2.05) is 0 Å². The highest BCUT2D eigenvalue weighted by atomic mass is 16.3. The molecule has 0 bridgehead atoms. The number of nitrogens with zero attached hydrogens (tertiary/aromatic N) is 1. The number of guanidine groups is 1. The summed E-state index contributed by atoms with van der Waals surface area (Å²) < 4.78 is 0. The molecule has 3 N–H and O–H groups in total. The van der Waals surface area contributed by atoms with Crippen molar-refractivity contribution in [2.75, 3.05) is 19.7 Å². The van der Waals surface area contributed by atoms with Gasteiger partial charge in [0.05, 0.1) is 0 Å². The monoisotopic (exact) mass is 297 g/mol. The van der Waals surface area contributed by atoms with Gasteiger partial charge in [-0.2, -0.15) is 0 Å². The van der Waals surface area contributed by atoms with Gasteiger partial charge in [-0.15, -0.1) is 0 Å². The standard InChI is InChI=1S/C17H35N3O/c1-5-9-14-12-15(14)20-16(18-8-4)19-13-17(6-2,7-3)10-11-21/h14-15,21H,5-13H2,1-4H3,(H2,18,19,20). The fourth-order valence-electron chi connectivity index (χ4n) is 3.00. The maximum Gasteiger partial charge on any atom is 0.191 e. The van der Waals surface area contributed by atoms with Crippen molar-refractivity contribution in [3.8, 4) is 0 Å². The molecule has 0 saturated heterocycles. The molecule has 1 aliphatic carbocycles. The van der Waals surface area contributed by atoms with E-state index in [-0.39, 0.29) is 12.0 Å². The Labute approximate surface area is 130 Å². The Hall–Kier alpha value is -0.770. The van der Waals surface area contributed by atoms with Crippen molar-refractivity contribution in [2.45, 2.75) is 72.3 Å². The van der Waals surface area contributed by atoms with E-state index >= 15 is 0 Å². The van der Waals surface area contributed by atoms with E-state index in [1.165, 1.54) is 19.3 Å². The van der Waals surface area contributed by atoms with Crippen molar-refractivity contribution in [3.05, 3.63) is 0 Å². The minimum Gasteiger partial charge on any atom is -0.396 e. The SMILES string of the molecule is CCCC1CC1NC(=NCC(CC)(CC)CCO)NCC. The van der Waals surface area contributed by atoms with E-state index in [0.29, 0.717) is 6.04 Å². The van der Waals surface area contributed by atoms with Gasteiger partial charge in [-0.3, -0.25) is 4.99 Å². The first-order chi connectivity index (χ1) is 10.1. The normalized spacial score (nSPS) is 22.2. The van der Waals surface area contributed by atoms with E-state index in [9.17, 15) is 5.11 Å². The first-order valence-electron chi connectivity index (χ1n) is 8.80. The van der Waals surface area contributed by atoms with E-state index in [4.69, 9.17) is 4.99 Å². The van der Waals surface area contributed by atoms with Gasteiger partial charge in [-0.05, 0) is 50.4 Å². The first-order valence-corrected chi connectivity index (χ1v) is 8.80. The first kappa shape index (κ1) is 18.3. The lowest BCUT2D eigenvalue weighted by molar-refractivity contribution is 0.175. The summed E-state index contributed by atoms with van der Waals surface area (Å²) in [5, 5.41) is 16.2. The van der Waals surface area contributed by atoms with Crippen LogP contribution in [0.5, 0.6) is 0 Å². The zero-order chi connectivity index (χ0) is 15.7. The molecule has 0 aliphatic heterocycles. The van der Waals surface area contributed by atoms with E-state index in [2.05, 4.69) is 38.3 Å². The predicted octanol–water partition coefficient (Wildman–Crippen LogP) is 2.92. The van der Waals surface area contributed by atoms with Crippen LogP contribution in [0.25, 0.3) is 0 Å². The van der Waals surface area contributed by atoms with Gasteiger partial charge in [0.25, 0.3) is 0 Å². The molecule has 0 heterocycles. The molecule has 2 atom stereocenters. The maximum atomic E-state index is 9.30. The predicted molar refractivity (Wildman–Crippen MR) is 90.6 cm³/mol. The Kier molecular flexibility index (Phi) is 8.09. The summed E-state index contributed by atoms with van der Waals surface area (Å²) in [6.07, 6.45) is 6.83. The number of rotatable bonds is 10. The summed E-state index contributed by atoms with van der Waals surface area (Å²) in [5.74, 6) is 1.78. The molecule has 0 spiro atoms. The molecule has 4 nitrogen and oxygen atoms in total. The Morgan fingerprint density at radius 3 is 2.48 bits per heavy atom. The molecule has 0 aromatic carbocycles. The Morgan fingerprint density at radius 2 is 1.95 bits per heavy atom.